The van der Waals surface area contributed by atoms with Gasteiger partial charge in [0.15, 0.2) is 6.61 Å². The molecule has 8 heteroatoms. The van der Waals surface area contributed by atoms with Crippen molar-refractivity contribution in [2.75, 3.05) is 11.0 Å². The van der Waals surface area contributed by atoms with Gasteiger partial charge in [0, 0.05) is 4.43 Å². The van der Waals surface area contributed by atoms with E-state index >= 15 is 0 Å². The number of carbonyl (C=O) groups is 3. The summed E-state index contributed by atoms with van der Waals surface area (Å²) >= 11 is 2.19. The zero-order valence-corrected chi connectivity index (χ0v) is 18.9. The number of nitrogens with zero attached hydrogens (tertiary/aromatic N) is 1. The first-order valence-electron chi connectivity index (χ1n) is 9.53. The number of hydrogen-bond acceptors (Lipinski definition) is 5. The molecule has 7 nitrogen and oxygen atoms in total. The van der Waals surface area contributed by atoms with Gasteiger partial charge in [0.1, 0.15) is 23.1 Å². The van der Waals surface area contributed by atoms with E-state index in [4.69, 9.17) is 9.47 Å². The monoisotopic (exact) mass is 512 g/mol. The summed E-state index contributed by atoms with van der Waals surface area (Å²) in [5.41, 5.74) is 0.590. The number of benzene rings is 1. The Morgan fingerprint density at radius 1 is 1.24 bits per heavy atom. The lowest BCUT2D eigenvalue weighted by molar-refractivity contribution is -0.162. The Hall–Kier alpha value is -2.10. The lowest BCUT2D eigenvalue weighted by Gasteiger charge is -2.50. The predicted molar refractivity (Wildman–Crippen MR) is 115 cm³/mol. The van der Waals surface area contributed by atoms with Gasteiger partial charge in [0.2, 0.25) is 0 Å². The van der Waals surface area contributed by atoms with Crippen LogP contribution in [0.5, 0.6) is 5.75 Å². The highest BCUT2D eigenvalue weighted by Gasteiger charge is 2.53. The van der Waals surface area contributed by atoms with Crippen molar-refractivity contribution in [2.24, 2.45) is 0 Å². The number of halogens is 1. The van der Waals surface area contributed by atoms with Crippen LogP contribution in [0.25, 0.3) is 0 Å². The van der Waals surface area contributed by atoms with Crippen LogP contribution in [0.4, 0.5) is 0 Å². The Kier molecular flexibility index (Phi) is 6.50. The third kappa shape index (κ3) is 4.91. The van der Waals surface area contributed by atoms with E-state index in [2.05, 4.69) is 27.9 Å². The van der Waals surface area contributed by atoms with Crippen LogP contribution in [0.3, 0.4) is 0 Å². The van der Waals surface area contributed by atoms with Gasteiger partial charge in [-0.15, -0.1) is 0 Å². The molecule has 29 heavy (non-hydrogen) atoms. The highest BCUT2D eigenvalue weighted by molar-refractivity contribution is 14.1. The van der Waals surface area contributed by atoms with E-state index in [9.17, 15) is 14.4 Å². The normalized spacial score (nSPS) is 21.2. The molecule has 0 aliphatic carbocycles. The molecule has 1 fully saturated rings. The third-order valence-electron chi connectivity index (χ3n) is 4.72. The van der Waals surface area contributed by atoms with Gasteiger partial charge in [-0.1, -0.05) is 40.8 Å². The number of allylic oxidation sites excluding steroid dienone is 1. The second-order valence-corrected chi connectivity index (χ2v) is 8.81. The van der Waals surface area contributed by atoms with Crippen LogP contribution in [0.1, 0.15) is 33.6 Å². The number of fused-ring (bicyclic) bond motifs is 1. The van der Waals surface area contributed by atoms with E-state index in [0.717, 1.165) is 5.57 Å². The molecule has 0 unspecified atom stereocenters. The third-order valence-corrected chi connectivity index (χ3v) is 5.64. The van der Waals surface area contributed by atoms with Gasteiger partial charge in [-0.25, -0.2) is 4.79 Å². The number of nitrogens with one attached hydrogen (secondary N) is 1. The number of alkyl halides is 1. The molecule has 2 heterocycles. The first-order chi connectivity index (χ1) is 13.7. The summed E-state index contributed by atoms with van der Waals surface area (Å²) < 4.78 is 11.6. The lowest BCUT2D eigenvalue weighted by atomic mass is 9.84. The van der Waals surface area contributed by atoms with Gasteiger partial charge >= 0.3 is 5.97 Å². The molecule has 0 radical (unpaired) electrons. The summed E-state index contributed by atoms with van der Waals surface area (Å²) in [6.07, 6.45) is 1.39. The summed E-state index contributed by atoms with van der Waals surface area (Å²) in [6, 6.07) is 8.13. The number of para-hydroxylation sites is 1. The SMILES string of the molecule is CC(C)(C)OC(=O)C1=C(CI)CC[C@@H]2[C@H](NC(=O)COc3ccccc3)C(=O)N12. The molecule has 2 aliphatic rings. The van der Waals surface area contributed by atoms with Crippen LogP contribution >= 0.6 is 22.6 Å². The van der Waals surface area contributed by atoms with Crippen molar-refractivity contribution in [1.29, 1.82) is 0 Å². The lowest BCUT2D eigenvalue weighted by Crippen LogP contribution is -2.72. The van der Waals surface area contributed by atoms with Gasteiger partial charge in [0.05, 0.1) is 6.04 Å². The Labute approximate surface area is 183 Å². The van der Waals surface area contributed by atoms with Crippen molar-refractivity contribution in [3.8, 4) is 5.75 Å². The largest absolute Gasteiger partial charge is 0.484 e. The van der Waals surface area contributed by atoms with E-state index in [-0.39, 0.29) is 24.5 Å². The van der Waals surface area contributed by atoms with Gasteiger partial charge in [-0.3, -0.25) is 14.5 Å². The van der Waals surface area contributed by atoms with Gasteiger partial charge in [-0.2, -0.15) is 0 Å². The van der Waals surface area contributed by atoms with Crippen molar-refractivity contribution in [3.05, 3.63) is 41.6 Å². The second-order valence-electron chi connectivity index (χ2n) is 8.05. The van der Waals surface area contributed by atoms with Crippen molar-refractivity contribution < 1.29 is 23.9 Å². The fraction of sp³-hybridized carbons (Fsp3) is 0.476. The van der Waals surface area contributed by atoms with E-state index in [0.29, 0.717) is 28.7 Å². The summed E-state index contributed by atoms with van der Waals surface area (Å²) in [4.78, 5) is 39.2. The summed E-state index contributed by atoms with van der Waals surface area (Å²) in [5, 5.41) is 2.74. The minimum atomic E-state index is -0.649. The number of esters is 1. The maximum atomic E-state index is 12.8. The predicted octanol–water partition coefficient (Wildman–Crippen LogP) is 2.59. The molecule has 0 saturated carbocycles. The Balaban J connectivity index is 1.65. The van der Waals surface area contributed by atoms with Gasteiger partial charge in [-0.05, 0) is 51.3 Å². The number of β-lactam (4-membered cyclic amide) rings is 1. The number of rotatable bonds is 6. The smallest absolute Gasteiger partial charge is 0.355 e. The number of carbonyl (C=O) groups excluding carboxylic acids is 3. The topological polar surface area (TPSA) is 84.9 Å². The molecular weight excluding hydrogens is 487 g/mol. The summed E-state index contributed by atoms with van der Waals surface area (Å²) in [5.74, 6) is -0.552. The molecule has 2 aliphatic heterocycles. The van der Waals surface area contributed by atoms with E-state index in [1.54, 1.807) is 32.9 Å². The zero-order valence-electron chi connectivity index (χ0n) is 16.7. The summed E-state index contributed by atoms with van der Waals surface area (Å²) in [7, 11) is 0. The quantitative estimate of drug-likeness (QED) is 0.274. The molecule has 3 rings (SSSR count). The Morgan fingerprint density at radius 3 is 2.55 bits per heavy atom. The molecule has 0 aromatic heterocycles. The molecule has 0 bridgehead atoms. The van der Waals surface area contributed by atoms with Crippen LogP contribution in [-0.2, 0) is 19.1 Å². The molecule has 2 atom stereocenters. The average molecular weight is 512 g/mol. The molecule has 1 aromatic carbocycles. The Bertz CT molecular complexity index is 831. The van der Waals surface area contributed by atoms with Crippen LogP contribution in [0.2, 0.25) is 0 Å². The number of amides is 2. The molecule has 156 valence electrons. The standard InChI is InChI=1S/C21H25IN2O5/c1-21(2,3)29-20(27)18-13(11-22)9-10-15-17(19(26)24(15)18)23-16(25)12-28-14-7-5-4-6-8-14/h4-8,15,17H,9-12H2,1-3H3,(H,23,25)/t15-,17+/m1/s1. The van der Waals surface area contributed by atoms with E-state index in [1.165, 1.54) is 4.90 Å². The zero-order chi connectivity index (χ0) is 21.2. The van der Waals surface area contributed by atoms with Crippen LogP contribution in [-0.4, -0.2) is 51.4 Å². The fourth-order valence-electron chi connectivity index (χ4n) is 3.47. The first-order valence-corrected chi connectivity index (χ1v) is 11.1. The van der Waals surface area contributed by atoms with Crippen LogP contribution < -0.4 is 10.1 Å². The Morgan fingerprint density at radius 2 is 1.93 bits per heavy atom. The van der Waals surface area contributed by atoms with E-state index in [1.807, 2.05) is 18.2 Å². The molecular formula is C21H25IN2O5. The molecule has 1 saturated heterocycles. The molecule has 2 amide bonds. The highest BCUT2D eigenvalue weighted by atomic mass is 127. The molecule has 0 spiro atoms. The highest BCUT2D eigenvalue weighted by Crippen LogP contribution is 2.38. The van der Waals surface area contributed by atoms with Crippen LogP contribution in [0, 0.1) is 0 Å². The van der Waals surface area contributed by atoms with Crippen molar-refractivity contribution in [3.63, 3.8) is 0 Å². The molecule has 1 N–H and O–H groups in total. The van der Waals surface area contributed by atoms with Crippen molar-refractivity contribution in [2.45, 2.75) is 51.3 Å². The maximum absolute atomic E-state index is 12.8. The summed E-state index contributed by atoms with van der Waals surface area (Å²) in [6.45, 7) is 5.21. The number of hydrogen-bond donors (Lipinski definition) is 1. The molecule has 1 aromatic rings. The average Bonchev–Trinajstić information content (AvgIpc) is 2.68. The minimum absolute atomic E-state index is 0.172. The number of ether oxygens (including phenoxy) is 2. The van der Waals surface area contributed by atoms with Crippen LogP contribution in [0.15, 0.2) is 41.6 Å². The maximum Gasteiger partial charge on any atom is 0.355 e. The van der Waals surface area contributed by atoms with Crippen molar-refractivity contribution in [1.82, 2.24) is 10.2 Å². The van der Waals surface area contributed by atoms with E-state index < -0.39 is 17.6 Å². The first kappa shape index (κ1) is 21.6. The fourth-order valence-corrected chi connectivity index (χ4v) is 4.21. The van der Waals surface area contributed by atoms with Gasteiger partial charge in [0.25, 0.3) is 11.8 Å². The van der Waals surface area contributed by atoms with Gasteiger partial charge < -0.3 is 14.8 Å². The van der Waals surface area contributed by atoms with Crippen molar-refractivity contribution >= 4 is 40.4 Å². The minimum Gasteiger partial charge on any atom is -0.484 e. The second kappa shape index (κ2) is 8.73.